The van der Waals surface area contributed by atoms with Crippen LogP contribution in [0.4, 0.5) is 8.78 Å². The molecule has 1 aliphatic rings. The van der Waals surface area contributed by atoms with E-state index in [1.54, 1.807) is 47.5 Å². The Labute approximate surface area is 141 Å². The molecule has 1 aliphatic carbocycles. The third-order valence-electron chi connectivity index (χ3n) is 3.95. The van der Waals surface area contributed by atoms with Gasteiger partial charge in [-0.1, -0.05) is 6.07 Å². The molecule has 1 aromatic carbocycles. The zero-order valence-corrected chi connectivity index (χ0v) is 13.1. The van der Waals surface area contributed by atoms with Gasteiger partial charge in [-0.25, -0.2) is 18.3 Å². The SMILES string of the molecule is NC1(C(F)F)CC1.O=C(O)c1cccc2nn(-c3cccnc3)cc12. The van der Waals surface area contributed by atoms with Crippen molar-refractivity contribution in [1.82, 2.24) is 14.8 Å². The summed E-state index contributed by atoms with van der Waals surface area (Å²) in [7, 11) is 0. The van der Waals surface area contributed by atoms with Gasteiger partial charge in [0.25, 0.3) is 6.43 Å². The maximum atomic E-state index is 11.5. The van der Waals surface area contributed by atoms with Crippen molar-refractivity contribution in [1.29, 1.82) is 0 Å². The van der Waals surface area contributed by atoms with E-state index in [0.717, 1.165) is 5.69 Å². The van der Waals surface area contributed by atoms with Gasteiger partial charge in [0.2, 0.25) is 0 Å². The van der Waals surface area contributed by atoms with Crippen molar-refractivity contribution in [2.75, 3.05) is 0 Å². The third kappa shape index (κ3) is 3.63. The molecule has 3 N–H and O–H groups in total. The second kappa shape index (κ2) is 6.56. The number of benzene rings is 1. The molecule has 0 amide bonds. The number of nitrogens with two attached hydrogens (primary N) is 1. The van der Waals surface area contributed by atoms with E-state index in [1.165, 1.54) is 0 Å². The number of hydrogen-bond acceptors (Lipinski definition) is 4. The molecule has 0 aliphatic heterocycles. The average molecular weight is 346 g/mol. The highest BCUT2D eigenvalue weighted by molar-refractivity contribution is 6.02. The Morgan fingerprint density at radius 3 is 2.56 bits per heavy atom. The van der Waals surface area contributed by atoms with Gasteiger partial charge in [-0.15, -0.1) is 0 Å². The molecule has 0 unspecified atom stereocenters. The van der Waals surface area contributed by atoms with Crippen molar-refractivity contribution in [2.45, 2.75) is 24.8 Å². The minimum absolute atomic E-state index is 0.252. The molecule has 4 rings (SSSR count). The number of aromatic carboxylic acids is 1. The molecule has 0 saturated heterocycles. The molecule has 25 heavy (non-hydrogen) atoms. The van der Waals surface area contributed by atoms with Crippen LogP contribution >= 0.6 is 0 Å². The highest BCUT2D eigenvalue weighted by atomic mass is 19.3. The van der Waals surface area contributed by atoms with Gasteiger partial charge in [0.1, 0.15) is 0 Å². The van der Waals surface area contributed by atoms with E-state index in [2.05, 4.69) is 10.1 Å². The van der Waals surface area contributed by atoms with Crippen molar-refractivity contribution >= 4 is 16.9 Å². The molecule has 0 radical (unpaired) electrons. The van der Waals surface area contributed by atoms with E-state index in [4.69, 9.17) is 10.8 Å². The number of pyridine rings is 1. The van der Waals surface area contributed by atoms with Gasteiger partial charge < -0.3 is 10.8 Å². The lowest BCUT2D eigenvalue weighted by molar-refractivity contribution is 0.0699. The monoisotopic (exact) mass is 346 g/mol. The standard InChI is InChI=1S/C13H9N3O2.C4H7F2N/c17-13(18)10-4-1-5-12-11(10)8-16(15-12)9-3-2-6-14-7-9;5-3(6)4(7)1-2-4/h1-8H,(H,17,18);3H,1-2,7H2. The minimum Gasteiger partial charge on any atom is -0.478 e. The Hall–Kier alpha value is -2.87. The van der Waals surface area contributed by atoms with Gasteiger partial charge >= 0.3 is 5.97 Å². The van der Waals surface area contributed by atoms with Crippen molar-refractivity contribution < 1.29 is 18.7 Å². The lowest BCUT2D eigenvalue weighted by Gasteiger charge is -2.02. The maximum absolute atomic E-state index is 11.5. The van der Waals surface area contributed by atoms with Crippen molar-refractivity contribution in [2.24, 2.45) is 5.73 Å². The first kappa shape index (κ1) is 17.0. The normalized spacial score (nSPS) is 14.9. The summed E-state index contributed by atoms with van der Waals surface area (Å²) in [5, 5.41) is 14.1. The molecule has 1 saturated carbocycles. The van der Waals surface area contributed by atoms with Gasteiger partial charge in [0, 0.05) is 17.8 Å². The first-order chi connectivity index (χ1) is 11.9. The molecule has 0 atom stereocenters. The number of aromatic nitrogens is 3. The lowest BCUT2D eigenvalue weighted by Crippen LogP contribution is -2.30. The minimum atomic E-state index is -2.31. The molecule has 0 spiro atoms. The van der Waals surface area contributed by atoms with Gasteiger partial charge in [-0.05, 0) is 37.1 Å². The summed E-state index contributed by atoms with van der Waals surface area (Å²) in [5.74, 6) is -0.952. The number of carbonyl (C=O) groups is 1. The number of hydrogen-bond donors (Lipinski definition) is 2. The average Bonchev–Trinajstić information content (AvgIpc) is 3.21. The van der Waals surface area contributed by atoms with Gasteiger partial charge in [0.05, 0.1) is 28.5 Å². The van der Waals surface area contributed by atoms with Crippen LogP contribution in [0.5, 0.6) is 0 Å². The zero-order valence-electron chi connectivity index (χ0n) is 13.1. The fraction of sp³-hybridized carbons (Fsp3) is 0.235. The van der Waals surface area contributed by atoms with E-state index in [1.807, 2.05) is 6.07 Å². The topological polar surface area (TPSA) is 94.0 Å². The maximum Gasteiger partial charge on any atom is 0.336 e. The smallest absolute Gasteiger partial charge is 0.336 e. The number of rotatable bonds is 3. The van der Waals surface area contributed by atoms with Crippen LogP contribution in [0.25, 0.3) is 16.6 Å². The fourth-order valence-corrected chi connectivity index (χ4v) is 2.21. The Bertz CT molecular complexity index is 892. The van der Waals surface area contributed by atoms with Gasteiger partial charge in [-0.3, -0.25) is 4.98 Å². The molecule has 2 aromatic heterocycles. The summed E-state index contributed by atoms with van der Waals surface area (Å²) in [6, 6.07) is 8.71. The van der Waals surface area contributed by atoms with E-state index in [-0.39, 0.29) is 5.56 Å². The van der Waals surface area contributed by atoms with Crippen LogP contribution in [-0.2, 0) is 0 Å². The molecule has 0 bridgehead atoms. The first-order valence-electron chi connectivity index (χ1n) is 7.60. The number of fused-ring (bicyclic) bond motifs is 1. The van der Waals surface area contributed by atoms with Crippen LogP contribution in [0, 0.1) is 0 Å². The summed E-state index contributed by atoms with van der Waals surface area (Å²) in [5.41, 5.74) is 5.66. The summed E-state index contributed by atoms with van der Waals surface area (Å²) >= 11 is 0. The molecular formula is C17H16F2N4O2. The summed E-state index contributed by atoms with van der Waals surface area (Å²) < 4.78 is 24.6. The largest absolute Gasteiger partial charge is 0.478 e. The second-order valence-electron chi connectivity index (χ2n) is 5.86. The molecule has 130 valence electrons. The molecule has 3 aromatic rings. The predicted molar refractivity (Wildman–Crippen MR) is 88.0 cm³/mol. The fourth-order valence-electron chi connectivity index (χ4n) is 2.21. The first-order valence-corrected chi connectivity index (χ1v) is 7.60. The molecule has 1 fully saturated rings. The Morgan fingerprint density at radius 2 is 2.04 bits per heavy atom. The summed E-state index contributed by atoms with van der Waals surface area (Å²) in [6.45, 7) is 0. The molecule has 8 heteroatoms. The lowest BCUT2D eigenvalue weighted by atomic mass is 10.1. The molecule has 6 nitrogen and oxygen atoms in total. The highest BCUT2D eigenvalue weighted by Gasteiger charge is 2.47. The van der Waals surface area contributed by atoms with E-state index < -0.39 is 17.9 Å². The zero-order chi connectivity index (χ0) is 18.0. The van der Waals surface area contributed by atoms with Crippen LogP contribution in [0.1, 0.15) is 23.2 Å². The van der Waals surface area contributed by atoms with Crippen LogP contribution in [0.15, 0.2) is 48.9 Å². The van der Waals surface area contributed by atoms with E-state index in [0.29, 0.717) is 23.7 Å². The quantitative estimate of drug-likeness (QED) is 0.760. The number of halogens is 2. The van der Waals surface area contributed by atoms with Crippen LogP contribution in [0.2, 0.25) is 0 Å². The number of nitrogens with zero attached hydrogens (tertiary/aromatic N) is 3. The van der Waals surface area contributed by atoms with E-state index >= 15 is 0 Å². The number of carboxylic acids is 1. The van der Waals surface area contributed by atoms with Gasteiger partial charge in [0.15, 0.2) is 0 Å². The summed E-state index contributed by atoms with van der Waals surface area (Å²) in [4.78, 5) is 15.1. The number of alkyl halides is 2. The van der Waals surface area contributed by atoms with Crippen LogP contribution in [-0.4, -0.2) is 37.8 Å². The predicted octanol–water partition coefficient (Wildman–Crippen LogP) is 2.86. The molecular weight excluding hydrogens is 330 g/mol. The second-order valence-corrected chi connectivity index (χ2v) is 5.86. The Morgan fingerprint density at radius 1 is 1.28 bits per heavy atom. The van der Waals surface area contributed by atoms with Gasteiger partial charge in [-0.2, -0.15) is 5.10 Å². The van der Waals surface area contributed by atoms with Crippen molar-refractivity contribution in [3.8, 4) is 5.69 Å². The highest BCUT2D eigenvalue weighted by Crippen LogP contribution is 2.37. The van der Waals surface area contributed by atoms with Crippen LogP contribution in [0.3, 0.4) is 0 Å². The number of carboxylic acid groups (broad SMARTS) is 1. The third-order valence-corrected chi connectivity index (χ3v) is 3.95. The summed E-state index contributed by atoms with van der Waals surface area (Å²) in [6.07, 6.45) is 3.72. The Balaban J connectivity index is 0.000000219. The molecule has 2 heterocycles. The van der Waals surface area contributed by atoms with Crippen LogP contribution < -0.4 is 5.73 Å². The Kier molecular flexibility index (Phi) is 4.45. The van der Waals surface area contributed by atoms with Crippen molar-refractivity contribution in [3.63, 3.8) is 0 Å². The van der Waals surface area contributed by atoms with E-state index in [9.17, 15) is 13.6 Å². The van der Waals surface area contributed by atoms with Crippen molar-refractivity contribution in [3.05, 3.63) is 54.5 Å².